The lowest BCUT2D eigenvalue weighted by atomic mass is 10.2. The number of pyridine rings is 1. The Bertz CT molecular complexity index is 570. The molecular weight excluding hydrogens is 260 g/mol. The van der Waals surface area contributed by atoms with Gasteiger partial charge in [0.05, 0.1) is 5.02 Å². The number of para-hydroxylation sites is 1. The predicted octanol–water partition coefficient (Wildman–Crippen LogP) is 3.78. The van der Waals surface area contributed by atoms with E-state index >= 15 is 0 Å². The molecule has 1 aliphatic carbocycles. The second-order valence-electron chi connectivity index (χ2n) is 4.66. The first-order valence-corrected chi connectivity index (χ1v) is 6.80. The molecule has 0 spiro atoms. The topological polar surface area (TPSA) is 34.1 Å². The van der Waals surface area contributed by atoms with Crippen LogP contribution in [-0.4, -0.2) is 11.0 Å². The summed E-state index contributed by atoms with van der Waals surface area (Å²) in [7, 11) is 0. The number of ether oxygens (including phenoxy) is 1. The van der Waals surface area contributed by atoms with Crippen LogP contribution < -0.4 is 10.1 Å². The van der Waals surface area contributed by atoms with Gasteiger partial charge in [-0.25, -0.2) is 4.98 Å². The number of rotatable bonds is 5. The smallest absolute Gasteiger partial charge is 0.223 e. The highest BCUT2D eigenvalue weighted by molar-refractivity contribution is 6.32. The van der Waals surface area contributed by atoms with Crippen LogP contribution in [0.15, 0.2) is 42.6 Å². The zero-order valence-corrected chi connectivity index (χ0v) is 11.2. The molecular formula is C15H15ClN2O. The summed E-state index contributed by atoms with van der Waals surface area (Å²) >= 11 is 6.10. The van der Waals surface area contributed by atoms with E-state index in [-0.39, 0.29) is 0 Å². The number of nitrogens with one attached hydrogen (secondary N) is 1. The lowest BCUT2D eigenvalue weighted by Gasteiger charge is -2.11. The first-order chi connectivity index (χ1) is 9.33. The van der Waals surface area contributed by atoms with Gasteiger partial charge in [-0.2, -0.15) is 0 Å². The Labute approximate surface area is 117 Å². The summed E-state index contributed by atoms with van der Waals surface area (Å²) in [5.74, 6) is 1.25. The number of aromatic nitrogens is 1. The van der Waals surface area contributed by atoms with Crippen molar-refractivity contribution in [3.8, 4) is 11.6 Å². The third-order valence-electron chi connectivity index (χ3n) is 3.05. The normalized spacial score (nSPS) is 14.4. The summed E-state index contributed by atoms with van der Waals surface area (Å²) in [6, 6.07) is 12.0. The van der Waals surface area contributed by atoms with E-state index in [1.54, 1.807) is 6.20 Å². The minimum absolute atomic E-state index is 0.592. The Morgan fingerprint density at radius 2 is 2.05 bits per heavy atom. The number of hydrogen-bond donors (Lipinski definition) is 1. The van der Waals surface area contributed by atoms with Crippen LogP contribution in [0.4, 0.5) is 0 Å². The van der Waals surface area contributed by atoms with Crippen LogP contribution in [0.3, 0.4) is 0 Å². The summed E-state index contributed by atoms with van der Waals surface area (Å²) < 4.78 is 5.81. The molecule has 0 bridgehead atoms. The minimum Gasteiger partial charge on any atom is -0.437 e. The zero-order valence-electron chi connectivity index (χ0n) is 10.5. The fourth-order valence-corrected chi connectivity index (χ4v) is 2.00. The van der Waals surface area contributed by atoms with E-state index in [1.807, 2.05) is 36.4 Å². The van der Waals surface area contributed by atoms with E-state index in [0.29, 0.717) is 22.7 Å². The van der Waals surface area contributed by atoms with Crippen LogP contribution in [0.1, 0.15) is 18.4 Å². The van der Waals surface area contributed by atoms with Crippen LogP contribution in [-0.2, 0) is 6.54 Å². The maximum Gasteiger partial charge on any atom is 0.223 e. The van der Waals surface area contributed by atoms with E-state index in [1.165, 1.54) is 12.8 Å². The largest absolute Gasteiger partial charge is 0.437 e. The number of hydrogen-bond acceptors (Lipinski definition) is 3. The van der Waals surface area contributed by atoms with E-state index in [9.17, 15) is 0 Å². The molecule has 1 heterocycles. The first-order valence-electron chi connectivity index (χ1n) is 6.42. The molecule has 1 saturated carbocycles. The number of halogens is 1. The Kier molecular flexibility index (Phi) is 3.67. The molecule has 19 heavy (non-hydrogen) atoms. The highest BCUT2D eigenvalue weighted by Crippen LogP contribution is 2.29. The van der Waals surface area contributed by atoms with Crippen molar-refractivity contribution in [2.75, 3.05) is 0 Å². The summed E-state index contributed by atoms with van der Waals surface area (Å²) in [5, 5.41) is 4.05. The van der Waals surface area contributed by atoms with Crippen molar-refractivity contribution in [3.05, 3.63) is 53.2 Å². The van der Waals surface area contributed by atoms with Crippen molar-refractivity contribution in [3.63, 3.8) is 0 Å². The zero-order chi connectivity index (χ0) is 13.1. The van der Waals surface area contributed by atoms with Crippen LogP contribution >= 0.6 is 11.6 Å². The fourth-order valence-electron chi connectivity index (χ4n) is 1.82. The van der Waals surface area contributed by atoms with Gasteiger partial charge in [-0.1, -0.05) is 29.8 Å². The van der Waals surface area contributed by atoms with Crippen molar-refractivity contribution in [1.82, 2.24) is 10.3 Å². The van der Waals surface area contributed by atoms with E-state index in [2.05, 4.69) is 10.3 Å². The molecule has 1 aromatic heterocycles. The van der Waals surface area contributed by atoms with E-state index < -0.39 is 0 Å². The van der Waals surface area contributed by atoms with Gasteiger partial charge in [-0.05, 0) is 31.0 Å². The maximum absolute atomic E-state index is 6.10. The first kappa shape index (κ1) is 12.5. The SMILES string of the molecule is Clc1ccccc1Oc1ncccc1CNC1CC1. The van der Waals surface area contributed by atoms with Gasteiger partial charge in [-0.15, -0.1) is 0 Å². The molecule has 2 aromatic rings. The standard InChI is InChI=1S/C15H15ClN2O/c16-13-5-1-2-6-14(13)19-15-11(4-3-9-17-15)10-18-12-7-8-12/h1-6,9,12,18H,7-8,10H2. The average Bonchev–Trinajstić information content (AvgIpc) is 3.24. The van der Waals surface area contributed by atoms with Crippen molar-refractivity contribution >= 4 is 11.6 Å². The van der Waals surface area contributed by atoms with Gasteiger partial charge < -0.3 is 10.1 Å². The second-order valence-corrected chi connectivity index (χ2v) is 5.06. The number of benzene rings is 1. The molecule has 1 fully saturated rings. The molecule has 0 saturated heterocycles. The Balaban J connectivity index is 1.77. The van der Waals surface area contributed by atoms with Crippen molar-refractivity contribution in [2.45, 2.75) is 25.4 Å². The highest BCUT2D eigenvalue weighted by Gasteiger charge is 2.20. The van der Waals surface area contributed by atoms with Crippen LogP contribution in [0, 0.1) is 0 Å². The van der Waals surface area contributed by atoms with E-state index in [4.69, 9.17) is 16.3 Å². The molecule has 3 nitrogen and oxygen atoms in total. The predicted molar refractivity (Wildman–Crippen MR) is 75.6 cm³/mol. The minimum atomic E-state index is 0.592. The molecule has 0 radical (unpaired) electrons. The molecule has 98 valence electrons. The molecule has 1 aromatic carbocycles. The molecule has 3 rings (SSSR count). The fraction of sp³-hybridized carbons (Fsp3) is 0.267. The molecule has 1 N–H and O–H groups in total. The third-order valence-corrected chi connectivity index (χ3v) is 3.36. The molecule has 1 aliphatic rings. The summed E-state index contributed by atoms with van der Waals surface area (Å²) in [6.07, 6.45) is 4.26. The Morgan fingerprint density at radius 3 is 2.84 bits per heavy atom. The van der Waals surface area contributed by atoms with Crippen LogP contribution in [0.25, 0.3) is 0 Å². The van der Waals surface area contributed by atoms with Gasteiger partial charge in [0.1, 0.15) is 5.75 Å². The average molecular weight is 275 g/mol. The van der Waals surface area contributed by atoms with Crippen LogP contribution in [0.2, 0.25) is 5.02 Å². The molecule has 4 heteroatoms. The lowest BCUT2D eigenvalue weighted by molar-refractivity contribution is 0.453. The number of nitrogens with zero attached hydrogens (tertiary/aromatic N) is 1. The second kappa shape index (κ2) is 5.59. The van der Waals surface area contributed by atoms with Gasteiger partial charge >= 0.3 is 0 Å². The quantitative estimate of drug-likeness (QED) is 0.901. The van der Waals surface area contributed by atoms with Gasteiger partial charge in [-0.3, -0.25) is 0 Å². The molecule has 0 unspecified atom stereocenters. The van der Waals surface area contributed by atoms with Gasteiger partial charge in [0.25, 0.3) is 0 Å². The lowest BCUT2D eigenvalue weighted by Crippen LogP contribution is -2.16. The Morgan fingerprint density at radius 1 is 1.21 bits per heavy atom. The molecule has 0 aliphatic heterocycles. The summed E-state index contributed by atoms with van der Waals surface area (Å²) in [5.41, 5.74) is 1.05. The van der Waals surface area contributed by atoms with Crippen molar-refractivity contribution < 1.29 is 4.74 Å². The van der Waals surface area contributed by atoms with E-state index in [0.717, 1.165) is 12.1 Å². The monoisotopic (exact) mass is 274 g/mol. The maximum atomic E-state index is 6.10. The Hall–Kier alpha value is -1.58. The van der Waals surface area contributed by atoms with Crippen molar-refractivity contribution in [2.24, 2.45) is 0 Å². The molecule has 0 amide bonds. The van der Waals surface area contributed by atoms with Gasteiger partial charge in [0.15, 0.2) is 0 Å². The van der Waals surface area contributed by atoms with Crippen molar-refractivity contribution in [1.29, 1.82) is 0 Å². The van der Waals surface area contributed by atoms with Crippen LogP contribution in [0.5, 0.6) is 11.6 Å². The third kappa shape index (κ3) is 3.25. The highest BCUT2D eigenvalue weighted by atomic mass is 35.5. The van der Waals surface area contributed by atoms with Gasteiger partial charge in [0.2, 0.25) is 5.88 Å². The summed E-state index contributed by atoms with van der Waals surface area (Å²) in [4.78, 5) is 4.29. The molecule has 0 atom stereocenters. The van der Waals surface area contributed by atoms with Gasteiger partial charge in [0, 0.05) is 24.3 Å². The summed E-state index contributed by atoms with van der Waals surface area (Å²) in [6.45, 7) is 0.776.